The van der Waals surface area contributed by atoms with Crippen molar-refractivity contribution in [1.29, 1.82) is 0 Å². The summed E-state index contributed by atoms with van der Waals surface area (Å²) < 4.78 is 16.7. The summed E-state index contributed by atoms with van der Waals surface area (Å²) in [4.78, 5) is 2.28. The number of hydrogen-bond donors (Lipinski definition) is 0. The third-order valence-corrected chi connectivity index (χ3v) is 3.72. The molecule has 6 heteroatoms. The van der Waals surface area contributed by atoms with Crippen LogP contribution in [0.1, 0.15) is 26.2 Å². The lowest BCUT2D eigenvalue weighted by molar-refractivity contribution is -0.103. The van der Waals surface area contributed by atoms with Gasteiger partial charge in [-0.25, -0.2) is 0 Å². The summed E-state index contributed by atoms with van der Waals surface area (Å²) in [5.74, 6) is 1.64. The highest BCUT2D eigenvalue weighted by Crippen LogP contribution is 2.23. The molecule has 6 nitrogen and oxygen atoms in total. The largest absolute Gasteiger partial charge is 0.459 e. The van der Waals surface area contributed by atoms with Crippen LogP contribution in [0.4, 0.5) is 0 Å². The molecule has 2 aromatic heterocycles. The molecule has 0 aliphatic carbocycles. The fourth-order valence-electron chi connectivity index (χ4n) is 2.38. The maximum Gasteiger partial charge on any atom is 0.283 e. The Morgan fingerprint density at radius 2 is 2.30 bits per heavy atom. The minimum atomic E-state index is -0.0812. The second kappa shape index (κ2) is 5.38. The highest BCUT2D eigenvalue weighted by Gasteiger charge is 2.31. The summed E-state index contributed by atoms with van der Waals surface area (Å²) in [6.07, 6.45) is 2.58. The topological polar surface area (TPSA) is 64.5 Å². The Kier molecular flexibility index (Phi) is 3.58. The lowest BCUT2D eigenvalue weighted by Gasteiger charge is -2.39. The predicted molar refractivity (Wildman–Crippen MR) is 71.9 cm³/mol. The highest BCUT2D eigenvalue weighted by molar-refractivity contribution is 5.42. The zero-order valence-corrected chi connectivity index (χ0v) is 11.8. The van der Waals surface area contributed by atoms with Crippen LogP contribution in [0.15, 0.2) is 27.2 Å². The second-order valence-electron chi connectivity index (χ2n) is 5.34. The Bertz CT molecular complexity index is 552. The van der Waals surface area contributed by atoms with E-state index in [1.165, 1.54) is 0 Å². The third kappa shape index (κ3) is 2.76. The Morgan fingerprint density at radius 3 is 3.05 bits per heavy atom. The molecule has 3 rings (SSSR count). The molecule has 1 aliphatic rings. The zero-order valence-electron chi connectivity index (χ0n) is 11.8. The third-order valence-electron chi connectivity index (χ3n) is 3.72. The van der Waals surface area contributed by atoms with Gasteiger partial charge < -0.3 is 13.6 Å². The predicted octanol–water partition coefficient (Wildman–Crippen LogP) is 2.33. The number of furan rings is 1. The van der Waals surface area contributed by atoms with Crippen LogP contribution in [0, 0.1) is 0 Å². The standard InChI is InChI=1S/C14H19N3O3/c1-3-14(2)10-17(6-8-19-14)9-12-15-16-13(20-12)11-5-4-7-18-11/h4-5,7H,3,6,8-10H2,1-2H3. The number of nitrogens with zero attached hydrogens (tertiary/aromatic N) is 3. The molecular formula is C14H19N3O3. The molecule has 0 aromatic carbocycles. The Hall–Kier alpha value is -1.66. The monoisotopic (exact) mass is 277 g/mol. The van der Waals surface area contributed by atoms with Crippen LogP contribution in [-0.4, -0.2) is 40.4 Å². The van der Waals surface area contributed by atoms with Gasteiger partial charge in [-0.15, -0.1) is 10.2 Å². The van der Waals surface area contributed by atoms with E-state index in [0.29, 0.717) is 24.1 Å². The molecule has 1 saturated heterocycles. The number of morpholine rings is 1. The van der Waals surface area contributed by atoms with E-state index in [2.05, 4.69) is 28.9 Å². The molecule has 0 saturated carbocycles. The molecular weight excluding hydrogens is 258 g/mol. The minimum Gasteiger partial charge on any atom is -0.459 e. The van der Waals surface area contributed by atoms with Gasteiger partial charge in [0.1, 0.15) is 0 Å². The average Bonchev–Trinajstić information content (AvgIpc) is 3.09. The van der Waals surface area contributed by atoms with E-state index < -0.39 is 0 Å². The molecule has 20 heavy (non-hydrogen) atoms. The number of hydrogen-bond acceptors (Lipinski definition) is 6. The summed E-state index contributed by atoms with van der Waals surface area (Å²) in [6, 6.07) is 3.61. The molecule has 0 spiro atoms. The van der Waals surface area contributed by atoms with Crippen LogP contribution in [0.3, 0.4) is 0 Å². The lowest BCUT2D eigenvalue weighted by Crippen LogP contribution is -2.49. The first-order chi connectivity index (χ1) is 9.68. The summed E-state index contributed by atoms with van der Waals surface area (Å²) in [5.41, 5.74) is -0.0812. The van der Waals surface area contributed by atoms with Crippen LogP contribution in [-0.2, 0) is 11.3 Å². The smallest absolute Gasteiger partial charge is 0.283 e. The van der Waals surface area contributed by atoms with Gasteiger partial charge >= 0.3 is 0 Å². The van der Waals surface area contributed by atoms with Crippen molar-refractivity contribution in [2.75, 3.05) is 19.7 Å². The second-order valence-corrected chi connectivity index (χ2v) is 5.34. The van der Waals surface area contributed by atoms with E-state index in [0.717, 1.165) is 26.1 Å². The first-order valence-corrected chi connectivity index (χ1v) is 6.91. The molecule has 3 heterocycles. The van der Waals surface area contributed by atoms with Crippen molar-refractivity contribution >= 4 is 0 Å². The molecule has 0 bridgehead atoms. The molecule has 0 N–H and O–H groups in total. The van der Waals surface area contributed by atoms with E-state index >= 15 is 0 Å². The van der Waals surface area contributed by atoms with Crippen molar-refractivity contribution in [3.05, 3.63) is 24.3 Å². The molecule has 1 fully saturated rings. The van der Waals surface area contributed by atoms with Crippen LogP contribution in [0.25, 0.3) is 11.7 Å². The number of aromatic nitrogens is 2. The van der Waals surface area contributed by atoms with Crippen molar-refractivity contribution in [3.63, 3.8) is 0 Å². The van der Waals surface area contributed by atoms with Gasteiger partial charge in [0.2, 0.25) is 5.89 Å². The van der Waals surface area contributed by atoms with Crippen LogP contribution in [0.2, 0.25) is 0 Å². The first-order valence-electron chi connectivity index (χ1n) is 6.91. The summed E-state index contributed by atoms with van der Waals surface area (Å²) in [5, 5.41) is 8.09. The summed E-state index contributed by atoms with van der Waals surface area (Å²) >= 11 is 0. The van der Waals surface area contributed by atoms with Crippen molar-refractivity contribution < 1.29 is 13.6 Å². The molecule has 1 unspecified atom stereocenters. The van der Waals surface area contributed by atoms with E-state index in [1.807, 2.05) is 0 Å². The van der Waals surface area contributed by atoms with Crippen molar-refractivity contribution in [2.24, 2.45) is 0 Å². The fraction of sp³-hybridized carbons (Fsp3) is 0.571. The van der Waals surface area contributed by atoms with Gasteiger partial charge in [0, 0.05) is 13.1 Å². The van der Waals surface area contributed by atoms with Gasteiger partial charge in [0.05, 0.1) is 25.0 Å². The Labute approximate surface area is 117 Å². The molecule has 108 valence electrons. The van der Waals surface area contributed by atoms with Crippen LogP contribution < -0.4 is 0 Å². The molecule has 0 amide bonds. The number of ether oxygens (including phenoxy) is 1. The fourth-order valence-corrected chi connectivity index (χ4v) is 2.38. The zero-order chi connectivity index (χ0) is 14.0. The number of rotatable bonds is 4. The maximum absolute atomic E-state index is 5.82. The van der Waals surface area contributed by atoms with Gasteiger partial charge in [-0.05, 0) is 25.5 Å². The van der Waals surface area contributed by atoms with Crippen molar-refractivity contribution in [1.82, 2.24) is 15.1 Å². The van der Waals surface area contributed by atoms with E-state index in [1.54, 1.807) is 18.4 Å². The van der Waals surface area contributed by atoms with Crippen LogP contribution in [0.5, 0.6) is 0 Å². The molecule has 1 atom stereocenters. The minimum absolute atomic E-state index is 0.0812. The van der Waals surface area contributed by atoms with Crippen molar-refractivity contribution in [2.45, 2.75) is 32.4 Å². The van der Waals surface area contributed by atoms with Gasteiger partial charge in [-0.1, -0.05) is 6.92 Å². The maximum atomic E-state index is 5.82. The van der Waals surface area contributed by atoms with Gasteiger partial charge in [0.15, 0.2) is 5.76 Å². The lowest BCUT2D eigenvalue weighted by atomic mass is 10.0. The molecule has 0 radical (unpaired) electrons. The van der Waals surface area contributed by atoms with Crippen molar-refractivity contribution in [3.8, 4) is 11.7 Å². The summed E-state index contributed by atoms with van der Waals surface area (Å²) in [6.45, 7) is 7.43. The summed E-state index contributed by atoms with van der Waals surface area (Å²) in [7, 11) is 0. The molecule has 2 aromatic rings. The quantitative estimate of drug-likeness (QED) is 0.854. The average molecular weight is 277 g/mol. The van der Waals surface area contributed by atoms with Crippen LogP contribution >= 0.6 is 0 Å². The SMILES string of the molecule is CCC1(C)CN(Cc2nnc(-c3ccco3)o2)CCO1. The van der Waals surface area contributed by atoms with E-state index in [-0.39, 0.29) is 5.60 Å². The van der Waals surface area contributed by atoms with E-state index in [9.17, 15) is 0 Å². The highest BCUT2D eigenvalue weighted by atomic mass is 16.5. The van der Waals surface area contributed by atoms with Gasteiger partial charge in [-0.2, -0.15) is 0 Å². The Balaban J connectivity index is 1.66. The normalized spacial score (nSPS) is 24.1. The Morgan fingerprint density at radius 1 is 1.40 bits per heavy atom. The first kappa shape index (κ1) is 13.3. The molecule has 1 aliphatic heterocycles. The van der Waals surface area contributed by atoms with Gasteiger partial charge in [-0.3, -0.25) is 4.90 Å². The van der Waals surface area contributed by atoms with E-state index in [4.69, 9.17) is 13.6 Å². The van der Waals surface area contributed by atoms with Gasteiger partial charge in [0.25, 0.3) is 5.89 Å².